The quantitative estimate of drug-likeness (QED) is 0.508. The van der Waals surface area contributed by atoms with Crippen molar-refractivity contribution < 1.29 is 0 Å². The molecule has 0 aromatic carbocycles. The largest absolute Gasteiger partial charge is 0.312 e. The highest BCUT2D eigenvalue weighted by Gasteiger charge is 2.26. The van der Waals surface area contributed by atoms with E-state index in [9.17, 15) is 0 Å². The van der Waals surface area contributed by atoms with Crippen LogP contribution >= 0.6 is 0 Å². The molecule has 92 valence electrons. The first-order valence-electron chi connectivity index (χ1n) is 6.65. The van der Waals surface area contributed by atoms with Crippen molar-refractivity contribution in [1.82, 2.24) is 15.1 Å². The fourth-order valence-corrected chi connectivity index (χ4v) is 2.30. The monoisotopic (exact) mass is 223 g/mol. The average molecular weight is 223 g/mol. The molecule has 3 nitrogen and oxygen atoms in total. The SMILES string of the molecule is C=CCNCCN1CCN(CC2CC2)CC1. The molecule has 1 saturated carbocycles. The van der Waals surface area contributed by atoms with E-state index in [2.05, 4.69) is 21.7 Å². The van der Waals surface area contributed by atoms with Crippen molar-refractivity contribution in [2.24, 2.45) is 5.92 Å². The molecule has 0 aromatic heterocycles. The van der Waals surface area contributed by atoms with Crippen molar-refractivity contribution >= 4 is 0 Å². The molecule has 1 saturated heterocycles. The maximum Gasteiger partial charge on any atom is 0.0132 e. The van der Waals surface area contributed by atoms with Crippen LogP contribution in [-0.4, -0.2) is 62.2 Å². The third-order valence-corrected chi connectivity index (χ3v) is 3.57. The van der Waals surface area contributed by atoms with Crippen LogP contribution in [0.3, 0.4) is 0 Å². The van der Waals surface area contributed by atoms with Crippen LogP contribution in [0.1, 0.15) is 12.8 Å². The molecule has 0 radical (unpaired) electrons. The highest BCUT2D eigenvalue weighted by molar-refractivity contribution is 4.80. The van der Waals surface area contributed by atoms with Gasteiger partial charge in [-0.15, -0.1) is 6.58 Å². The second kappa shape index (κ2) is 6.38. The molecule has 2 aliphatic rings. The number of hydrogen-bond donors (Lipinski definition) is 1. The van der Waals surface area contributed by atoms with E-state index in [-0.39, 0.29) is 0 Å². The highest BCUT2D eigenvalue weighted by atomic mass is 15.3. The normalized spacial score (nSPS) is 23.5. The van der Waals surface area contributed by atoms with E-state index in [1.54, 1.807) is 0 Å². The van der Waals surface area contributed by atoms with Crippen LogP contribution in [0, 0.1) is 5.92 Å². The Hall–Kier alpha value is -0.380. The summed E-state index contributed by atoms with van der Waals surface area (Å²) >= 11 is 0. The molecule has 1 aliphatic carbocycles. The lowest BCUT2D eigenvalue weighted by molar-refractivity contribution is 0.129. The fourth-order valence-electron chi connectivity index (χ4n) is 2.30. The Morgan fingerprint density at radius 2 is 1.81 bits per heavy atom. The van der Waals surface area contributed by atoms with Gasteiger partial charge in [-0.3, -0.25) is 4.90 Å². The standard InChI is InChI=1S/C13H25N3/c1-2-5-14-6-7-15-8-10-16(11-9-15)12-13-3-4-13/h2,13-14H,1,3-12H2. The summed E-state index contributed by atoms with van der Waals surface area (Å²) in [5.41, 5.74) is 0. The van der Waals surface area contributed by atoms with Gasteiger partial charge in [0.05, 0.1) is 0 Å². The van der Waals surface area contributed by atoms with Crippen molar-refractivity contribution in [2.45, 2.75) is 12.8 Å². The van der Waals surface area contributed by atoms with Gasteiger partial charge < -0.3 is 10.2 Å². The third-order valence-electron chi connectivity index (χ3n) is 3.57. The minimum absolute atomic E-state index is 0.932. The number of nitrogens with one attached hydrogen (secondary N) is 1. The maximum atomic E-state index is 3.71. The Morgan fingerprint density at radius 3 is 2.44 bits per heavy atom. The van der Waals surface area contributed by atoms with Crippen LogP contribution in [0.5, 0.6) is 0 Å². The van der Waals surface area contributed by atoms with E-state index >= 15 is 0 Å². The van der Waals surface area contributed by atoms with Gasteiger partial charge in [-0.25, -0.2) is 0 Å². The predicted molar refractivity (Wildman–Crippen MR) is 68.7 cm³/mol. The zero-order chi connectivity index (χ0) is 11.2. The van der Waals surface area contributed by atoms with Crippen LogP contribution in [0.25, 0.3) is 0 Å². The van der Waals surface area contributed by atoms with Crippen molar-refractivity contribution in [1.29, 1.82) is 0 Å². The Labute approximate surface area is 99.5 Å². The van der Waals surface area contributed by atoms with Gasteiger partial charge in [-0.05, 0) is 18.8 Å². The minimum atomic E-state index is 0.932. The summed E-state index contributed by atoms with van der Waals surface area (Å²) in [7, 11) is 0. The van der Waals surface area contributed by atoms with Gasteiger partial charge in [0.25, 0.3) is 0 Å². The molecule has 0 aromatic rings. The lowest BCUT2D eigenvalue weighted by Crippen LogP contribution is -2.48. The van der Waals surface area contributed by atoms with Crippen molar-refractivity contribution in [3.63, 3.8) is 0 Å². The number of piperazine rings is 1. The van der Waals surface area contributed by atoms with Crippen LogP contribution in [0.4, 0.5) is 0 Å². The number of rotatable bonds is 7. The second-order valence-corrected chi connectivity index (χ2v) is 5.08. The van der Waals surface area contributed by atoms with E-state index in [1.165, 1.54) is 52.1 Å². The summed E-state index contributed by atoms with van der Waals surface area (Å²) in [5, 5.41) is 3.36. The molecule has 16 heavy (non-hydrogen) atoms. The molecule has 3 heteroatoms. The molecule has 2 fully saturated rings. The Morgan fingerprint density at radius 1 is 1.12 bits per heavy atom. The summed E-state index contributed by atoms with van der Waals surface area (Å²) in [4.78, 5) is 5.21. The molecule has 2 rings (SSSR count). The van der Waals surface area contributed by atoms with Crippen molar-refractivity contribution in [2.75, 3.05) is 52.4 Å². The summed E-state index contributed by atoms with van der Waals surface area (Å²) < 4.78 is 0. The number of nitrogens with zero attached hydrogens (tertiary/aromatic N) is 2. The zero-order valence-corrected chi connectivity index (χ0v) is 10.3. The molecule has 0 amide bonds. The van der Waals surface area contributed by atoms with Gasteiger partial charge in [0.1, 0.15) is 0 Å². The van der Waals surface area contributed by atoms with Gasteiger partial charge in [-0.1, -0.05) is 6.08 Å². The minimum Gasteiger partial charge on any atom is -0.312 e. The van der Waals surface area contributed by atoms with Gasteiger partial charge in [0, 0.05) is 52.4 Å². The summed E-state index contributed by atoms with van der Waals surface area (Å²) in [6, 6.07) is 0. The third kappa shape index (κ3) is 4.24. The van der Waals surface area contributed by atoms with Crippen LogP contribution in [0.2, 0.25) is 0 Å². The van der Waals surface area contributed by atoms with E-state index in [0.717, 1.165) is 19.0 Å². The molecule has 1 aliphatic heterocycles. The molecule has 0 bridgehead atoms. The van der Waals surface area contributed by atoms with Crippen LogP contribution in [0.15, 0.2) is 12.7 Å². The molecule has 0 spiro atoms. The van der Waals surface area contributed by atoms with Crippen molar-refractivity contribution in [3.8, 4) is 0 Å². The summed E-state index contributed by atoms with van der Waals surface area (Å²) in [5.74, 6) is 1.04. The molecule has 1 heterocycles. The van der Waals surface area contributed by atoms with Gasteiger partial charge in [0.15, 0.2) is 0 Å². The van der Waals surface area contributed by atoms with Gasteiger partial charge in [0.2, 0.25) is 0 Å². The molecule has 1 N–H and O–H groups in total. The Kier molecular flexibility index (Phi) is 4.82. The van der Waals surface area contributed by atoms with E-state index < -0.39 is 0 Å². The van der Waals surface area contributed by atoms with Gasteiger partial charge in [-0.2, -0.15) is 0 Å². The molecule has 0 atom stereocenters. The topological polar surface area (TPSA) is 18.5 Å². The number of hydrogen-bond acceptors (Lipinski definition) is 3. The average Bonchev–Trinajstić information content (AvgIpc) is 3.11. The molecular formula is C13H25N3. The Bertz CT molecular complexity index is 205. The van der Waals surface area contributed by atoms with Crippen molar-refractivity contribution in [3.05, 3.63) is 12.7 Å². The lowest BCUT2D eigenvalue weighted by atomic mass is 10.3. The van der Waals surface area contributed by atoms with Gasteiger partial charge >= 0.3 is 0 Å². The van der Waals surface area contributed by atoms with Crippen LogP contribution < -0.4 is 5.32 Å². The lowest BCUT2D eigenvalue weighted by Gasteiger charge is -2.34. The van der Waals surface area contributed by atoms with E-state index in [4.69, 9.17) is 0 Å². The first-order valence-corrected chi connectivity index (χ1v) is 6.65. The predicted octanol–water partition coefficient (Wildman–Crippen LogP) is 0.790. The summed E-state index contributed by atoms with van der Waals surface area (Å²) in [6.45, 7) is 13.3. The molecular weight excluding hydrogens is 198 g/mol. The highest BCUT2D eigenvalue weighted by Crippen LogP contribution is 2.29. The maximum absolute atomic E-state index is 3.71. The fraction of sp³-hybridized carbons (Fsp3) is 0.846. The van der Waals surface area contributed by atoms with E-state index in [1.807, 2.05) is 6.08 Å². The second-order valence-electron chi connectivity index (χ2n) is 5.08. The van der Waals surface area contributed by atoms with Crippen LogP contribution in [-0.2, 0) is 0 Å². The first kappa shape index (κ1) is 12.1. The summed E-state index contributed by atoms with van der Waals surface area (Å²) in [6.07, 6.45) is 4.88. The van der Waals surface area contributed by atoms with E-state index in [0.29, 0.717) is 0 Å². The Balaban J connectivity index is 1.52. The molecule has 0 unspecified atom stereocenters. The smallest absolute Gasteiger partial charge is 0.0132 e. The zero-order valence-electron chi connectivity index (χ0n) is 10.3. The first-order chi connectivity index (χ1) is 7.88.